The second kappa shape index (κ2) is 3.06. The summed E-state index contributed by atoms with van der Waals surface area (Å²) in [6.07, 6.45) is -0.351. The Morgan fingerprint density at radius 3 is 1.75 bits per heavy atom. The van der Waals surface area contributed by atoms with Crippen LogP contribution in [-0.2, 0) is 0 Å². The zero-order chi connectivity index (χ0) is 6.62. The highest BCUT2D eigenvalue weighted by Crippen LogP contribution is 2.16. The minimum Gasteiger partial charge on any atom is -0.251 e. The highest BCUT2D eigenvalue weighted by atomic mass is 28.5. The van der Waals surface area contributed by atoms with Gasteiger partial charge in [-0.05, 0) is 6.42 Å². The minimum absolute atomic E-state index is 0.351. The maximum atomic E-state index is 11.2. The molecule has 0 aliphatic rings. The van der Waals surface area contributed by atoms with Gasteiger partial charge in [-0.2, -0.15) is 0 Å². The molecule has 0 heterocycles. The Morgan fingerprint density at radius 2 is 1.62 bits per heavy atom. The van der Waals surface area contributed by atoms with Gasteiger partial charge in [-0.25, -0.2) is 12.3 Å². The molecule has 0 aromatic rings. The third kappa shape index (κ3) is 5.94. The van der Waals surface area contributed by atoms with Crippen molar-refractivity contribution in [2.75, 3.05) is 6.67 Å². The average molecular weight is 146 g/mol. The van der Waals surface area contributed by atoms with Crippen LogP contribution in [0.1, 0.15) is 6.42 Å². The highest BCUT2D eigenvalue weighted by Gasteiger charge is 2.35. The van der Waals surface area contributed by atoms with Crippen molar-refractivity contribution >= 4 is 9.08 Å². The van der Waals surface area contributed by atoms with Crippen LogP contribution in [0.25, 0.3) is 0 Å². The van der Waals surface area contributed by atoms with Gasteiger partial charge in [0.05, 0.1) is 6.67 Å². The van der Waals surface area contributed by atoms with E-state index in [0.29, 0.717) is 0 Å². The van der Waals surface area contributed by atoms with E-state index in [2.05, 4.69) is 0 Å². The molecule has 0 aliphatic carbocycles. The van der Waals surface area contributed by atoms with Crippen LogP contribution in [0.4, 0.5) is 16.7 Å². The van der Waals surface area contributed by atoms with E-state index in [0.717, 1.165) is 0 Å². The van der Waals surface area contributed by atoms with Crippen molar-refractivity contribution in [2.24, 2.45) is 0 Å². The Hall–Kier alpha value is -0.0631. The Labute approximate surface area is 46.0 Å². The van der Waals surface area contributed by atoms with Crippen LogP contribution in [0.15, 0.2) is 0 Å². The summed E-state index contributed by atoms with van der Waals surface area (Å²) < 4.78 is 44.7. The molecule has 0 unspecified atom stereocenters. The van der Waals surface area contributed by atoms with Crippen LogP contribution in [0.3, 0.4) is 0 Å². The molecule has 0 saturated heterocycles. The average Bonchev–Trinajstić information content (AvgIpc) is 1.59. The highest BCUT2D eigenvalue weighted by molar-refractivity contribution is 6.58. The van der Waals surface area contributed by atoms with Gasteiger partial charge in [-0.3, -0.25) is 4.39 Å². The van der Waals surface area contributed by atoms with Gasteiger partial charge in [0.2, 0.25) is 0 Å². The predicted molar refractivity (Wildman–Crippen MR) is 24.5 cm³/mol. The molecule has 0 bridgehead atoms. The molecule has 0 radical (unpaired) electrons. The first kappa shape index (κ1) is 7.94. The van der Waals surface area contributed by atoms with Gasteiger partial charge in [0, 0.05) is 6.04 Å². The van der Waals surface area contributed by atoms with Crippen LogP contribution >= 0.6 is 0 Å². The van der Waals surface area contributed by atoms with Crippen LogP contribution in [-0.4, -0.2) is 15.7 Å². The third-order valence-corrected chi connectivity index (χ3v) is 1.51. The lowest BCUT2D eigenvalue weighted by Crippen LogP contribution is -2.13. The number of hydrogen-bond acceptors (Lipinski definition) is 0. The van der Waals surface area contributed by atoms with Crippen molar-refractivity contribution in [3.63, 3.8) is 0 Å². The maximum Gasteiger partial charge on any atom is 0.616 e. The van der Waals surface area contributed by atoms with E-state index in [1.54, 1.807) is 0 Å². The Bertz CT molecular complexity index is 58.8. The first-order valence-electron chi connectivity index (χ1n) is 2.19. The van der Waals surface area contributed by atoms with Crippen molar-refractivity contribution < 1.29 is 16.7 Å². The maximum absolute atomic E-state index is 11.2. The molecule has 50 valence electrons. The van der Waals surface area contributed by atoms with Crippen LogP contribution in [0, 0.1) is 0 Å². The minimum atomic E-state index is -5.42. The van der Waals surface area contributed by atoms with Gasteiger partial charge in [0.25, 0.3) is 0 Å². The molecule has 0 saturated carbocycles. The SMILES string of the molecule is FCCC[Si](F)(F)F. The molecule has 0 aromatic heterocycles. The molecule has 5 heteroatoms. The molecule has 0 spiro atoms. The third-order valence-electron chi connectivity index (χ3n) is 0.594. The van der Waals surface area contributed by atoms with Crippen molar-refractivity contribution in [2.45, 2.75) is 12.5 Å². The lowest BCUT2D eigenvalue weighted by atomic mass is 10.6. The van der Waals surface area contributed by atoms with Crippen molar-refractivity contribution in [1.82, 2.24) is 0 Å². The molecule has 0 aliphatic heterocycles. The van der Waals surface area contributed by atoms with Gasteiger partial charge in [0.1, 0.15) is 0 Å². The van der Waals surface area contributed by atoms with Gasteiger partial charge in [-0.1, -0.05) is 0 Å². The molecule has 0 fully saturated rings. The second-order valence-electron chi connectivity index (χ2n) is 1.41. The summed E-state index contributed by atoms with van der Waals surface area (Å²) in [5.41, 5.74) is 0. The molecule has 0 nitrogen and oxygen atoms in total. The first-order chi connectivity index (χ1) is 3.56. The smallest absolute Gasteiger partial charge is 0.251 e. The van der Waals surface area contributed by atoms with Gasteiger partial charge >= 0.3 is 9.08 Å². The summed E-state index contributed by atoms with van der Waals surface area (Å²) in [5.74, 6) is 0. The predicted octanol–water partition coefficient (Wildman–Crippen LogP) is 2.19. The van der Waals surface area contributed by atoms with Crippen molar-refractivity contribution in [3.8, 4) is 0 Å². The fraction of sp³-hybridized carbons (Fsp3) is 1.00. The largest absolute Gasteiger partial charge is 0.616 e. The summed E-state index contributed by atoms with van der Waals surface area (Å²) in [5, 5.41) is 0. The molecule has 0 aromatic carbocycles. The molecule has 0 N–H and O–H groups in total. The lowest BCUT2D eigenvalue weighted by Gasteiger charge is -1.96. The molecule has 0 atom stereocenters. The fourth-order valence-corrected chi connectivity index (χ4v) is 0.802. The summed E-state index contributed by atoms with van der Waals surface area (Å²) in [4.78, 5) is 0. The number of halogens is 4. The zero-order valence-corrected chi connectivity index (χ0v) is 5.13. The zero-order valence-electron chi connectivity index (χ0n) is 4.13. The molecular weight excluding hydrogens is 140 g/mol. The summed E-state index contributed by atoms with van der Waals surface area (Å²) >= 11 is 0. The number of hydrogen-bond donors (Lipinski definition) is 0. The van der Waals surface area contributed by atoms with E-state index in [4.69, 9.17) is 0 Å². The molecule has 8 heavy (non-hydrogen) atoms. The lowest BCUT2D eigenvalue weighted by molar-refractivity contribution is 0.433. The standard InChI is InChI=1S/C3H6F4Si/c4-2-1-3-8(5,6)7/h1-3H2. The van der Waals surface area contributed by atoms with E-state index in [-0.39, 0.29) is 6.42 Å². The molecule has 0 rings (SSSR count). The van der Waals surface area contributed by atoms with E-state index in [1.165, 1.54) is 0 Å². The first-order valence-corrected chi connectivity index (χ1v) is 4.03. The van der Waals surface area contributed by atoms with Crippen LogP contribution < -0.4 is 0 Å². The van der Waals surface area contributed by atoms with Crippen LogP contribution in [0.5, 0.6) is 0 Å². The molecular formula is C3H6F4Si. The quantitative estimate of drug-likeness (QED) is 0.325. The van der Waals surface area contributed by atoms with E-state index >= 15 is 0 Å². The Kier molecular flexibility index (Phi) is 3.04. The van der Waals surface area contributed by atoms with E-state index < -0.39 is 21.8 Å². The second-order valence-corrected chi connectivity index (χ2v) is 3.14. The van der Waals surface area contributed by atoms with Gasteiger partial charge in [0.15, 0.2) is 0 Å². The van der Waals surface area contributed by atoms with Gasteiger partial charge in [-0.15, -0.1) is 0 Å². The summed E-state index contributed by atoms with van der Waals surface area (Å²) in [6, 6.07) is -0.872. The van der Waals surface area contributed by atoms with Gasteiger partial charge < -0.3 is 0 Å². The Morgan fingerprint density at radius 1 is 1.12 bits per heavy atom. The number of alkyl halides is 1. The van der Waals surface area contributed by atoms with Crippen LogP contribution in [0.2, 0.25) is 6.04 Å². The summed E-state index contributed by atoms with van der Waals surface area (Å²) in [6.45, 7) is -0.855. The summed E-state index contributed by atoms with van der Waals surface area (Å²) in [7, 11) is -5.42. The topological polar surface area (TPSA) is 0 Å². The normalized spacial score (nSPS) is 12.0. The monoisotopic (exact) mass is 146 g/mol. The number of rotatable bonds is 3. The van der Waals surface area contributed by atoms with E-state index in [1.807, 2.05) is 0 Å². The van der Waals surface area contributed by atoms with E-state index in [9.17, 15) is 16.7 Å². The van der Waals surface area contributed by atoms with Crippen molar-refractivity contribution in [3.05, 3.63) is 0 Å². The van der Waals surface area contributed by atoms with Crippen molar-refractivity contribution in [1.29, 1.82) is 0 Å². The fourth-order valence-electron chi connectivity index (χ4n) is 0.267. The molecule has 0 amide bonds. The Balaban J connectivity index is 3.11.